The van der Waals surface area contributed by atoms with E-state index in [1.54, 1.807) is 24.3 Å². The molecule has 1 heterocycles. The Morgan fingerprint density at radius 1 is 0.882 bits per heavy atom. The summed E-state index contributed by atoms with van der Waals surface area (Å²) in [5.41, 5.74) is 0.493. The quantitative estimate of drug-likeness (QED) is 0.172. The molecule has 34 heavy (non-hydrogen) atoms. The van der Waals surface area contributed by atoms with Crippen molar-refractivity contribution in [1.82, 2.24) is 0 Å². The number of benzene rings is 3. The second-order valence-electron chi connectivity index (χ2n) is 7.21. The number of fused-ring (bicyclic) bond motifs is 1. The summed E-state index contributed by atoms with van der Waals surface area (Å²) in [5, 5.41) is 10.7. The number of nitro benzene ring substituents is 1. The number of ether oxygens (including phenoxy) is 2. The van der Waals surface area contributed by atoms with E-state index in [0.717, 1.165) is 4.90 Å². The summed E-state index contributed by atoms with van der Waals surface area (Å²) in [6.45, 7) is -0.599. The highest BCUT2D eigenvalue weighted by Crippen LogP contribution is 2.30. The maximum atomic E-state index is 12.9. The van der Waals surface area contributed by atoms with Crippen molar-refractivity contribution in [3.05, 3.63) is 99.1 Å². The molecule has 0 radical (unpaired) electrons. The van der Waals surface area contributed by atoms with Crippen LogP contribution in [0.4, 0.5) is 11.4 Å². The topological polar surface area (TPSA) is 133 Å². The summed E-state index contributed by atoms with van der Waals surface area (Å²) in [6, 6.07) is 15.2. The van der Waals surface area contributed by atoms with Crippen molar-refractivity contribution in [2.45, 2.75) is 0 Å². The van der Waals surface area contributed by atoms with Crippen LogP contribution in [0.25, 0.3) is 0 Å². The lowest BCUT2D eigenvalue weighted by molar-refractivity contribution is -0.384. The molecule has 1 aliphatic rings. The van der Waals surface area contributed by atoms with Crippen LogP contribution in [0, 0.1) is 10.1 Å². The van der Waals surface area contributed by atoms with E-state index >= 15 is 0 Å². The first kappa shape index (κ1) is 22.3. The smallest absolute Gasteiger partial charge is 0.338 e. The minimum absolute atomic E-state index is 0.00650. The Morgan fingerprint density at radius 3 is 2.12 bits per heavy atom. The van der Waals surface area contributed by atoms with Crippen molar-refractivity contribution in [3.63, 3.8) is 0 Å². The van der Waals surface area contributed by atoms with Gasteiger partial charge in [0.15, 0.2) is 12.4 Å². The number of esters is 1. The van der Waals surface area contributed by atoms with Gasteiger partial charge in [-0.25, -0.2) is 9.69 Å². The van der Waals surface area contributed by atoms with Gasteiger partial charge in [-0.05, 0) is 54.6 Å². The van der Waals surface area contributed by atoms with Crippen molar-refractivity contribution in [2.75, 3.05) is 18.6 Å². The number of amides is 2. The van der Waals surface area contributed by atoms with Crippen LogP contribution in [-0.2, 0) is 4.74 Å². The Morgan fingerprint density at radius 2 is 1.50 bits per heavy atom. The highest BCUT2D eigenvalue weighted by Gasteiger charge is 2.37. The first-order valence-corrected chi connectivity index (χ1v) is 9.92. The Labute approximate surface area is 192 Å². The number of methoxy groups -OCH3 is 1. The number of carbonyl (C=O) groups is 4. The van der Waals surface area contributed by atoms with E-state index < -0.39 is 35.1 Å². The molecule has 0 spiro atoms. The number of anilines is 1. The van der Waals surface area contributed by atoms with Crippen LogP contribution in [0.5, 0.6) is 5.75 Å². The van der Waals surface area contributed by atoms with E-state index in [4.69, 9.17) is 9.47 Å². The summed E-state index contributed by atoms with van der Waals surface area (Å²) in [7, 11) is 1.50. The molecule has 4 rings (SSSR count). The molecule has 1 aliphatic heterocycles. The standard InChI is InChI=1S/C24H16N2O8/c1-33-18-9-7-16(8-10-18)25-22(28)19-11-4-15(12-20(19)23(25)29)24(30)34-13-21(27)14-2-5-17(6-3-14)26(31)32/h2-12H,13H2,1H3. The van der Waals surface area contributed by atoms with Gasteiger partial charge < -0.3 is 9.47 Å². The lowest BCUT2D eigenvalue weighted by Gasteiger charge is -2.14. The fraction of sp³-hybridized carbons (Fsp3) is 0.0833. The van der Waals surface area contributed by atoms with Crippen LogP contribution in [0.1, 0.15) is 41.4 Å². The summed E-state index contributed by atoms with van der Waals surface area (Å²) >= 11 is 0. The molecule has 0 atom stereocenters. The zero-order valence-corrected chi connectivity index (χ0v) is 17.7. The van der Waals surface area contributed by atoms with Gasteiger partial charge >= 0.3 is 5.97 Å². The van der Waals surface area contributed by atoms with Crippen molar-refractivity contribution >= 4 is 34.9 Å². The van der Waals surface area contributed by atoms with Crippen LogP contribution in [0.2, 0.25) is 0 Å². The molecule has 0 unspecified atom stereocenters. The molecule has 3 aromatic carbocycles. The number of hydrogen-bond acceptors (Lipinski definition) is 8. The number of carbonyl (C=O) groups excluding carboxylic acids is 4. The molecule has 0 fully saturated rings. The number of rotatable bonds is 7. The van der Waals surface area contributed by atoms with Crippen LogP contribution in [-0.4, -0.2) is 42.2 Å². The van der Waals surface area contributed by atoms with Crippen LogP contribution in [0.3, 0.4) is 0 Å². The normalized spacial score (nSPS) is 12.3. The number of non-ortho nitro benzene ring substituents is 1. The van der Waals surface area contributed by atoms with Crippen molar-refractivity contribution < 1.29 is 33.6 Å². The maximum absolute atomic E-state index is 12.9. The predicted octanol–water partition coefficient (Wildman–Crippen LogP) is 3.44. The van der Waals surface area contributed by atoms with Crippen LogP contribution < -0.4 is 9.64 Å². The summed E-state index contributed by atoms with van der Waals surface area (Å²) in [6.07, 6.45) is 0. The summed E-state index contributed by atoms with van der Waals surface area (Å²) < 4.78 is 10.1. The van der Waals surface area contributed by atoms with Crippen molar-refractivity contribution in [3.8, 4) is 5.75 Å². The van der Waals surface area contributed by atoms with Crippen LogP contribution in [0.15, 0.2) is 66.7 Å². The lowest BCUT2D eigenvalue weighted by Crippen LogP contribution is -2.29. The van der Waals surface area contributed by atoms with Gasteiger partial charge in [0.25, 0.3) is 17.5 Å². The van der Waals surface area contributed by atoms with Crippen molar-refractivity contribution in [1.29, 1.82) is 0 Å². The summed E-state index contributed by atoms with van der Waals surface area (Å²) in [5.74, 6) is -1.98. The van der Waals surface area contributed by atoms with E-state index in [-0.39, 0.29) is 27.9 Å². The third-order valence-corrected chi connectivity index (χ3v) is 5.19. The second-order valence-corrected chi connectivity index (χ2v) is 7.21. The third-order valence-electron chi connectivity index (χ3n) is 5.19. The lowest BCUT2D eigenvalue weighted by atomic mass is 10.1. The van der Waals surface area contributed by atoms with Gasteiger partial charge in [0, 0.05) is 17.7 Å². The van der Waals surface area contributed by atoms with Gasteiger partial charge in [0.1, 0.15) is 5.75 Å². The minimum atomic E-state index is -0.860. The van der Waals surface area contributed by atoms with Gasteiger partial charge in [-0.15, -0.1) is 0 Å². The Balaban J connectivity index is 1.47. The van der Waals surface area contributed by atoms with Gasteiger partial charge in [-0.3, -0.25) is 24.5 Å². The molecule has 0 aliphatic carbocycles. The fourth-order valence-corrected chi connectivity index (χ4v) is 3.40. The largest absolute Gasteiger partial charge is 0.497 e. The van der Waals surface area contributed by atoms with Gasteiger partial charge in [0.05, 0.1) is 34.4 Å². The van der Waals surface area contributed by atoms with E-state index in [9.17, 15) is 29.3 Å². The molecular formula is C24H16N2O8. The number of Topliss-reactive ketones (excluding diaryl/α,β-unsaturated/α-hetero) is 1. The van der Waals surface area contributed by atoms with E-state index in [2.05, 4.69) is 0 Å². The molecule has 0 saturated heterocycles. The number of ketones is 1. The molecule has 0 aromatic heterocycles. The molecular weight excluding hydrogens is 444 g/mol. The zero-order valence-electron chi connectivity index (χ0n) is 17.7. The predicted molar refractivity (Wildman–Crippen MR) is 118 cm³/mol. The fourth-order valence-electron chi connectivity index (χ4n) is 3.40. The van der Waals surface area contributed by atoms with Gasteiger partial charge in [-0.2, -0.15) is 0 Å². The SMILES string of the molecule is COc1ccc(N2C(=O)c3ccc(C(=O)OCC(=O)c4ccc([N+](=O)[O-])cc4)cc3C2=O)cc1. The van der Waals surface area contributed by atoms with E-state index in [1.165, 1.54) is 49.6 Å². The highest BCUT2D eigenvalue weighted by atomic mass is 16.6. The molecule has 170 valence electrons. The number of nitro groups is 1. The first-order chi connectivity index (χ1) is 16.3. The zero-order chi connectivity index (χ0) is 24.4. The van der Waals surface area contributed by atoms with Gasteiger partial charge in [-0.1, -0.05) is 0 Å². The van der Waals surface area contributed by atoms with Gasteiger partial charge in [0.2, 0.25) is 0 Å². The molecule has 0 N–H and O–H groups in total. The molecule has 3 aromatic rings. The molecule has 10 nitrogen and oxygen atoms in total. The Bertz CT molecular complexity index is 1330. The Hall–Kier alpha value is -4.86. The number of nitrogens with zero attached hydrogens (tertiary/aromatic N) is 2. The monoisotopic (exact) mass is 460 g/mol. The number of hydrogen-bond donors (Lipinski definition) is 0. The molecule has 10 heteroatoms. The summed E-state index contributed by atoms with van der Waals surface area (Å²) in [4.78, 5) is 61.4. The average molecular weight is 460 g/mol. The Kier molecular flexibility index (Phi) is 5.88. The van der Waals surface area contributed by atoms with E-state index in [1.807, 2.05) is 0 Å². The van der Waals surface area contributed by atoms with Crippen LogP contribution >= 0.6 is 0 Å². The third kappa shape index (κ3) is 4.11. The first-order valence-electron chi connectivity index (χ1n) is 9.92. The number of imide groups is 1. The second kappa shape index (κ2) is 8.94. The molecule has 2 amide bonds. The maximum Gasteiger partial charge on any atom is 0.338 e. The molecule has 0 saturated carbocycles. The van der Waals surface area contributed by atoms with Crippen molar-refractivity contribution in [2.24, 2.45) is 0 Å². The highest BCUT2D eigenvalue weighted by molar-refractivity contribution is 6.34. The average Bonchev–Trinajstić information content (AvgIpc) is 3.11. The van der Waals surface area contributed by atoms with E-state index in [0.29, 0.717) is 11.4 Å². The molecule has 0 bridgehead atoms. The minimum Gasteiger partial charge on any atom is -0.497 e.